The Morgan fingerprint density at radius 2 is 2.06 bits per heavy atom. The van der Waals surface area contributed by atoms with Crippen molar-refractivity contribution in [3.05, 3.63) is 29.3 Å². The second-order valence-corrected chi connectivity index (χ2v) is 4.79. The number of nitrogens with zero attached hydrogens (tertiary/aromatic N) is 1. The number of carbonyl (C=O) groups is 1. The first-order chi connectivity index (χ1) is 8.15. The first-order valence-electron chi connectivity index (χ1n) is 5.48. The van der Waals surface area contributed by atoms with Gasteiger partial charge >= 0.3 is 0 Å². The van der Waals surface area contributed by atoms with Gasteiger partial charge in [-0.15, -0.1) is 0 Å². The van der Waals surface area contributed by atoms with Gasteiger partial charge in [0.15, 0.2) is 5.11 Å². The number of hydrogen-bond donors (Lipinski definition) is 1. The van der Waals surface area contributed by atoms with Gasteiger partial charge in [-0.3, -0.25) is 4.79 Å². The molecule has 0 atom stereocenters. The Labute approximate surface area is 111 Å². The lowest BCUT2D eigenvalue weighted by molar-refractivity contribution is -0.120. The average molecular weight is 269 g/mol. The standard InChI is InChI=1S/C12H13ClN2OS/c13-9-2-1-3-10(8-9)14-12(17)15-6-4-11(16)5-7-15/h1-3,8H,4-7H2,(H,14,17). The molecule has 1 aromatic carbocycles. The number of piperidine rings is 1. The Hall–Kier alpha value is -1.13. The van der Waals surface area contributed by atoms with Gasteiger partial charge < -0.3 is 10.2 Å². The lowest BCUT2D eigenvalue weighted by Crippen LogP contribution is -2.40. The topological polar surface area (TPSA) is 32.3 Å². The molecule has 0 amide bonds. The van der Waals surface area contributed by atoms with E-state index in [9.17, 15) is 4.79 Å². The summed E-state index contributed by atoms with van der Waals surface area (Å²) in [5, 5.41) is 4.45. The van der Waals surface area contributed by atoms with Crippen molar-refractivity contribution in [3.63, 3.8) is 0 Å². The molecule has 1 aliphatic heterocycles. The molecule has 1 aromatic rings. The molecule has 0 radical (unpaired) electrons. The van der Waals surface area contributed by atoms with E-state index in [-0.39, 0.29) is 0 Å². The molecule has 0 spiro atoms. The van der Waals surface area contributed by atoms with Crippen LogP contribution in [0, 0.1) is 0 Å². The summed E-state index contributed by atoms with van der Waals surface area (Å²) >= 11 is 11.2. The molecule has 5 heteroatoms. The molecule has 0 bridgehead atoms. The van der Waals surface area contributed by atoms with E-state index in [1.807, 2.05) is 29.2 Å². The van der Waals surface area contributed by atoms with Crippen LogP contribution in [0.2, 0.25) is 5.02 Å². The van der Waals surface area contributed by atoms with Crippen molar-refractivity contribution < 1.29 is 4.79 Å². The summed E-state index contributed by atoms with van der Waals surface area (Å²) in [7, 11) is 0. The SMILES string of the molecule is O=C1CCN(C(=S)Nc2cccc(Cl)c2)CC1. The van der Waals surface area contributed by atoms with E-state index in [1.54, 1.807) is 0 Å². The maximum atomic E-state index is 11.1. The van der Waals surface area contributed by atoms with Gasteiger partial charge in [0.25, 0.3) is 0 Å². The number of likely N-dealkylation sites (tertiary alicyclic amines) is 1. The lowest BCUT2D eigenvalue weighted by atomic mass is 10.1. The highest BCUT2D eigenvalue weighted by Crippen LogP contribution is 2.16. The second kappa shape index (κ2) is 5.47. The van der Waals surface area contributed by atoms with Gasteiger partial charge in [0, 0.05) is 36.6 Å². The van der Waals surface area contributed by atoms with E-state index in [4.69, 9.17) is 23.8 Å². The molecule has 2 rings (SSSR count). The first-order valence-corrected chi connectivity index (χ1v) is 6.27. The normalized spacial score (nSPS) is 15.8. The summed E-state index contributed by atoms with van der Waals surface area (Å²) in [6.07, 6.45) is 1.16. The molecule has 1 saturated heterocycles. The first kappa shape index (κ1) is 12.3. The van der Waals surface area contributed by atoms with Crippen LogP contribution in [-0.2, 0) is 4.79 Å². The Morgan fingerprint density at radius 1 is 1.35 bits per heavy atom. The summed E-state index contributed by atoms with van der Waals surface area (Å²) in [5.41, 5.74) is 0.874. The van der Waals surface area contributed by atoms with Crippen molar-refractivity contribution >= 4 is 40.4 Å². The van der Waals surface area contributed by atoms with Crippen LogP contribution in [0.4, 0.5) is 5.69 Å². The van der Waals surface area contributed by atoms with Crippen LogP contribution in [0.15, 0.2) is 24.3 Å². The van der Waals surface area contributed by atoms with Gasteiger partial charge in [-0.1, -0.05) is 17.7 Å². The summed E-state index contributed by atoms with van der Waals surface area (Å²) in [5.74, 6) is 0.312. The fourth-order valence-corrected chi connectivity index (χ4v) is 2.22. The van der Waals surface area contributed by atoms with Gasteiger partial charge in [-0.05, 0) is 30.4 Å². The molecular weight excluding hydrogens is 256 g/mol. The van der Waals surface area contributed by atoms with Gasteiger partial charge in [0.05, 0.1) is 0 Å². The number of nitrogens with one attached hydrogen (secondary N) is 1. The van der Waals surface area contributed by atoms with E-state index in [2.05, 4.69) is 5.32 Å². The van der Waals surface area contributed by atoms with Crippen molar-refractivity contribution in [1.29, 1.82) is 0 Å². The zero-order chi connectivity index (χ0) is 12.3. The molecule has 1 aliphatic rings. The number of anilines is 1. The minimum absolute atomic E-state index is 0.312. The molecule has 3 nitrogen and oxygen atoms in total. The second-order valence-electron chi connectivity index (χ2n) is 3.97. The Balaban J connectivity index is 1.95. The highest BCUT2D eigenvalue weighted by atomic mass is 35.5. The molecule has 17 heavy (non-hydrogen) atoms. The molecule has 0 aliphatic carbocycles. The van der Waals surface area contributed by atoms with Gasteiger partial charge in [0.2, 0.25) is 0 Å². The van der Waals surface area contributed by atoms with E-state index in [0.717, 1.165) is 5.69 Å². The summed E-state index contributed by atoms with van der Waals surface area (Å²) < 4.78 is 0. The molecule has 1 fully saturated rings. The maximum Gasteiger partial charge on any atom is 0.173 e. The predicted octanol–water partition coefficient (Wildman–Crippen LogP) is 2.70. The quantitative estimate of drug-likeness (QED) is 0.794. The molecule has 1 heterocycles. The van der Waals surface area contributed by atoms with Crippen molar-refractivity contribution in [1.82, 2.24) is 4.90 Å². The summed E-state index contributed by atoms with van der Waals surface area (Å²) in [6, 6.07) is 7.42. The summed E-state index contributed by atoms with van der Waals surface area (Å²) in [6.45, 7) is 1.40. The Morgan fingerprint density at radius 3 is 2.71 bits per heavy atom. The van der Waals surface area contributed by atoms with Crippen LogP contribution in [-0.4, -0.2) is 28.9 Å². The maximum absolute atomic E-state index is 11.1. The van der Waals surface area contributed by atoms with E-state index in [0.29, 0.717) is 41.8 Å². The van der Waals surface area contributed by atoms with Crippen molar-refractivity contribution in [2.75, 3.05) is 18.4 Å². The zero-order valence-corrected chi connectivity index (χ0v) is 10.9. The number of rotatable bonds is 1. The molecule has 1 N–H and O–H groups in total. The third kappa shape index (κ3) is 3.41. The smallest absolute Gasteiger partial charge is 0.173 e. The van der Waals surface area contributed by atoms with Gasteiger partial charge in [-0.2, -0.15) is 0 Å². The minimum Gasteiger partial charge on any atom is -0.348 e. The number of thiocarbonyl (C=S) groups is 1. The molecule has 90 valence electrons. The number of carbonyl (C=O) groups excluding carboxylic acids is 1. The average Bonchev–Trinajstić information content (AvgIpc) is 2.29. The monoisotopic (exact) mass is 268 g/mol. The Kier molecular flexibility index (Phi) is 3.97. The molecule has 0 unspecified atom stereocenters. The fraction of sp³-hybridized carbons (Fsp3) is 0.333. The third-order valence-electron chi connectivity index (χ3n) is 2.68. The van der Waals surface area contributed by atoms with Crippen molar-refractivity contribution in [2.45, 2.75) is 12.8 Å². The Bertz CT molecular complexity index is 440. The zero-order valence-electron chi connectivity index (χ0n) is 9.28. The van der Waals surface area contributed by atoms with E-state index in [1.165, 1.54) is 0 Å². The fourth-order valence-electron chi connectivity index (χ4n) is 1.73. The minimum atomic E-state index is 0.312. The summed E-state index contributed by atoms with van der Waals surface area (Å²) in [4.78, 5) is 13.1. The molecule has 0 saturated carbocycles. The third-order valence-corrected chi connectivity index (χ3v) is 3.28. The van der Waals surface area contributed by atoms with E-state index >= 15 is 0 Å². The van der Waals surface area contributed by atoms with Crippen LogP contribution >= 0.6 is 23.8 Å². The van der Waals surface area contributed by atoms with Crippen LogP contribution in [0.25, 0.3) is 0 Å². The number of hydrogen-bond acceptors (Lipinski definition) is 2. The van der Waals surface area contributed by atoms with Gasteiger partial charge in [-0.25, -0.2) is 0 Å². The van der Waals surface area contributed by atoms with Crippen LogP contribution in [0.3, 0.4) is 0 Å². The van der Waals surface area contributed by atoms with Crippen LogP contribution in [0.5, 0.6) is 0 Å². The van der Waals surface area contributed by atoms with Crippen molar-refractivity contribution in [3.8, 4) is 0 Å². The predicted molar refractivity (Wildman–Crippen MR) is 73.5 cm³/mol. The number of halogens is 1. The number of Topliss-reactive ketones (excluding diaryl/α,β-unsaturated/α-hetero) is 1. The number of benzene rings is 1. The van der Waals surface area contributed by atoms with Gasteiger partial charge in [0.1, 0.15) is 5.78 Å². The molecule has 0 aromatic heterocycles. The number of ketones is 1. The van der Waals surface area contributed by atoms with Crippen LogP contribution in [0.1, 0.15) is 12.8 Å². The van der Waals surface area contributed by atoms with Crippen LogP contribution < -0.4 is 5.32 Å². The lowest BCUT2D eigenvalue weighted by Gasteiger charge is -2.28. The molecular formula is C12H13ClN2OS. The highest BCUT2D eigenvalue weighted by molar-refractivity contribution is 7.80. The largest absolute Gasteiger partial charge is 0.348 e. The van der Waals surface area contributed by atoms with Crippen molar-refractivity contribution in [2.24, 2.45) is 0 Å². The highest BCUT2D eigenvalue weighted by Gasteiger charge is 2.18. The van der Waals surface area contributed by atoms with E-state index < -0.39 is 0 Å².